The number of thioether (sulfide) groups is 1. The van der Waals surface area contributed by atoms with Crippen molar-refractivity contribution >= 4 is 51.7 Å². The Kier molecular flexibility index (Phi) is 7.75. The number of anilines is 1. The Balaban J connectivity index is 1.34. The predicted molar refractivity (Wildman–Crippen MR) is 170 cm³/mol. The summed E-state index contributed by atoms with van der Waals surface area (Å²) in [5.41, 5.74) is 4.05. The molecular weight excluding hydrogens is 551 g/mol. The summed E-state index contributed by atoms with van der Waals surface area (Å²) >= 11 is 6.89. The van der Waals surface area contributed by atoms with Crippen LogP contribution in [0, 0.1) is 6.92 Å². The molecule has 1 atom stereocenters. The molecule has 208 valence electrons. The van der Waals surface area contributed by atoms with E-state index in [4.69, 9.17) is 17.2 Å². The molecule has 6 rings (SSSR count). The predicted octanol–water partition coefficient (Wildman–Crippen LogP) is 5.29. The number of fused-ring (bicyclic) bond motifs is 1. The summed E-state index contributed by atoms with van der Waals surface area (Å²) in [5, 5.41) is 0. The summed E-state index contributed by atoms with van der Waals surface area (Å²) in [6.45, 7) is 7.97. The average Bonchev–Trinajstić information content (AvgIpc) is 3.28. The fourth-order valence-electron chi connectivity index (χ4n) is 5.45. The molecule has 0 radical (unpaired) electrons. The first-order valence-corrected chi connectivity index (χ1v) is 15.0. The first kappa shape index (κ1) is 27.4. The zero-order valence-electron chi connectivity index (χ0n) is 23.1. The molecule has 0 N–H and O–H groups in total. The third kappa shape index (κ3) is 5.45. The number of carbonyl (C=O) groups excluding carboxylic acids is 1. The van der Waals surface area contributed by atoms with Crippen LogP contribution in [0.4, 0.5) is 5.82 Å². The number of hydrogen-bond donors (Lipinski definition) is 0. The fraction of sp³-hybridized carbons (Fsp3) is 0.250. The second-order valence-corrected chi connectivity index (χ2v) is 12.1. The second-order valence-electron chi connectivity index (χ2n) is 10.4. The highest BCUT2D eigenvalue weighted by atomic mass is 32.2. The van der Waals surface area contributed by atoms with Crippen LogP contribution in [0.5, 0.6) is 0 Å². The van der Waals surface area contributed by atoms with Gasteiger partial charge in [0.1, 0.15) is 15.8 Å². The molecule has 4 aromatic rings. The van der Waals surface area contributed by atoms with Crippen LogP contribution in [0.3, 0.4) is 0 Å². The standard InChI is InChI=1S/C32H31N5O2S2/c1-22-10-9-15-36-28(22)33-29(35-18-16-34(17-19-35)21-24-11-5-3-6-12-24)26(30(36)38)20-27-31(39)37(32(40)41-27)23(2)25-13-7-4-8-14-25/h3-15,20,23H,16-19,21H2,1-2H3/b27-20-. The SMILES string of the molecule is Cc1cccn2c(=O)c(/C=C3\SC(=S)N(C(C)c4ccccc4)C3=O)c(N3CCN(Cc4ccccc4)CC3)nc12. The molecule has 0 spiro atoms. The van der Waals surface area contributed by atoms with Crippen LogP contribution in [0.25, 0.3) is 11.7 Å². The summed E-state index contributed by atoms with van der Waals surface area (Å²) in [6, 6.07) is 23.9. The van der Waals surface area contributed by atoms with E-state index in [1.807, 2.05) is 62.4 Å². The maximum atomic E-state index is 13.9. The molecule has 4 heterocycles. The Morgan fingerprint density at radius 2 is 1.63 bits per heavy atom. The van der Waals surface area contributed by atoms with Crippen LogP contribution in [0.15, 0.2) is 88.7 Å². The number of benzene rings is 2. The molecule has 2 saturated heterocycles. The number of rotatable bonds is 6. The van der Waals surface area contributed by atoms with Crippen LogP contribution in [0.2, 0.25) is 0 Å². The van der Waals surface area contributed by atoms with Gasteiger partial charge in [-0.15, -0.1) is 0 Å². The van der Waals surface area contributed by atoms with Gasteiger partial charge in [-0.2, -0.15) is 0 Å². The van der Waals surface area contributed by atoms with E-state index in [-0.39, 0.29) is 17.5 Å². The number of nitrogens with zero attached hydrogens (tertiary/aromatic N) is 5. The van der Waals surface area contributed by atoms with Gasteiger partial charge in [0.25, 0.3) is 11.5 Å². The van der Waals surface area contributed by atoms with Gasteiger partial charge < -0.3 is 4.90 Å². The number of carbonyl (C=O) groups is 1. The molecule has 2 aliphatic rings. The van der Waals surface area contributed by atoms with Crippen molar-refractivity contribution in [3.05, 3.63) is 117 Å². The zero-order valence-corrected chi connectivity index (χ0v) is 24.7. The zero-order chi connectivity index (χ0) is 28.5. The number of amides is 1. The van der Waals surface area contributed by atoms with Crippen LogP contribution >= 0.6 is 24.0 Å². The molecule has 1 unspecified atom stereocenters. The molecule has 0 aliphatic carbocycles. The van der Waals surface area contributed by atoms with Crippen molar-refractivity contribution < 1.29 is 4.79 Å². The van der Waals surface area contributed by atoms with Gasteiger partial charge in [-0.25, -0.2) is 4.98 Å². The molecule has 41 heavy (non-hydrogen) atoms. The fourth-order valence-corrected chi connectivity index (χ4v) is 6.85. The number of piperazine rings is 1. The van der Waals surface area contributed by atoms with Crippen LogP contribution in [0.1, 0.15) is 35.2 Å². The van der Waals surface area contributed by atoms with Crippen molar-refractivity contribution in [1.82, 2.24) is 19.2 Å². The van der Waals surface area contributed by atoms with E-state index in [1.165, 1.54) is 17.3 Å². The van der Waals surface area contributed by atoms with Crippen LogP contribution < -0.4 is 10.5 Å². The number of aryl methyl sites for hydroxylation is 1. The second kappa shape index (κ2) is 11.6. The minimum absolute atomic E-state index is 0.191. The lowest BCUT2D eigenvalue weighted by Crippen LogP contribution is -2.47. The van der Waals surface area contributed by atoms with Gasteiger partial charge in [0.05, 0.1) is 16.5 Å². The Labute approximate surface area is 249 Å². The van der Waals surface area contributed by atoms with Gasteiger partial charge in [0.2, 0.25) is 0 Å². The normalized spacial score (nSPS) is 18.0. The molecule has 2 aromatic carbocycles. The van der Waals surface area contributed by atoms with Crippen LogP contribution in [-0.2, 0) is 11.3 Å². The topological polar surface area (TPSA) is 61.2 Å². The highest BCUT2D eigenvalue weighted by molar-refractivity contribution is 8.26. The lowest BCUT2D eigenvalue weighted by atomic mass is 10.1. The van der Waals surface area contributed by atoms with Gasteiger partial charge >= 0.3 is 0 Å². The molecule has 0 saturated carbocycles. The highest BCUT2D eigenvalue weighted by Crippen LogP contribution is 2.38. The minimum Gasteiger partial charge on any atom is -0.353 e. The number of pyridine rings is 1. The van der Waals surface area contributed by atoms with E-state index in [0.29, 0.717) is 26.3 Å². The summed E-state index contributed by atoms with van der Waals surface area (Å²) in [5.74, 6) is 0.425. The van der Waals surface area contributed by atoms with E-state index >= 15 is 0 Å². The van der Waals surface area contributed by atoms with Gasteiger partial charge in [0.15, 0.2) is 0 Å². The Morgan fingerprint density at radius 3 is 2.34 bits per heavy atom. The first-order valence-electron chi connectivity index (χ1n) is 13.8. The van der Waals surface area contributed by atoms with E-state index < -0.39 is 0 Å². The molecule has 0 bridgehead atoms. The first-order chi connectivity index (χ1) is 19.9. The van der Waals surface area contributed by atoms with Crippen LogP contribution in [-0.4, -0.2) is 55.6 Å². The molecular formula is C32H31N5O2S2. The van der Waals surface area contributed by atoms with Gasteiger partial charge in [-0.3, -0.25) is 23.8 Å². The molecule has 2 aromatic heterocycles. The van der Waals surface area contributed by atoms with E-state index in [9.17, 15) is 9.59 Å². The van der Waals surface area contributed by atoms with E-state index in [1.54, 1.807) is 21.6 Å². The number of thiocarbonyl (C=S) groups is 1. The minimum atomic E-state index is -0.217. The van der Waals surface area contributed by atoms with Crippen molar-refractivity contribution in [2.45, 2.75) is 26.4 Å². The monoisotopic (exact) mass is 581 g/mol. The van der Waals surface area contributed by atoms with Gasteiger partial charge in [-0.1, -0.05) is 90.7 Å². The van der Waals surface area contributed by atoms with Crippen molar-refractivity contribution in [3.8, 4) is 0 Å². The lowest BCUT2D eigenvalue weighted by Gasteiger charge is -2.36. The summed E-state index contributed by atoms with van der Waals surface area (Å²) < 4.78 is 2.06. The summed E-state index contributed by atoms with van der Waals surface area (Å²) in [6.07, 6.45) is 3.44. The maximum absolute atomic E-state index is 13.9. The van der Waals surface area contributed by atoms with Crippen molar-refractivity contribution in [3.63, 3.8) is 0 Å². The van der Waals surface area contributed by atoms with Crippen molar-refractivity contribution in [2.75, 3.05) is 31.1 Å². The molecule has 2 fully saturated rings. The molecule has 9 heteroatoms. The highest BCUT2D eigenvalue weighted by Gasteiger charge is 2.36. The molecule has 1 amide bonds. The lowest BCUT2D eigenvalue weighted by molar-refractivity contribution is -0.123. The largest absolute Gasteiger partial charge is 0.353 e. The average molecular weight is 582 g/mol. The Bertz CT molecular complexity index is 1700. The summed E-state index contributed by atoms with van der Waals surface area (Å²) in [7, 11) is 0. The summed E-state index contributed by atoms with van der Waals surface area (Å²) in [4.78, 5) is 39.3. The van der Waals surface area contributed by atoms with Crippen molar-refractivity contribution in [2.24, 2.45) is 0 Å². The number of aromatic nitrogens is 2. The molecule has 7 nitrogen and oxygen atoms in total. The Morgan fingerprint density at radius 1 is 0.951 bits per heavy atom. The maximum Gasteiger partial charge on any atom is 0.267 e. The quantitative estimate of drug-likeness (QED) is 0.227. The Hall–Kier alpha value is -3.79. The third-order valence-corrected chi connectivity index (χ3v) is 9.08. The molecule has 2 aliphatic heterocycles. The van der Waals surface area contributed by atoms with Crippen molar-refractivity contribution in [1.29, 1.82) is 0 Å². The van der Waals surface area contributed by atoms with E-state index in [0.717, 1.165) is 43.9 Å². The van der Waals surface area contributed by atoms with Gasteiger partial charge in [0, 0.05) is 38.9 Å². The smallest absolute Gasteiger partial charge is 0.267 e. The van der Waals surface area contributed by atoms with E-state index in [2.05, 4.69) is 34.1 Å². The van der Waals surface area contributed by atoms with Gasteiger partial charge in [-0.05, 0) is 42.7 Å². The third-order valence-electron chi connectivity index (χ3n) is 7.75. The number of hydrogen-bond acceptors (Lipinski definition) is 7.